The number of ether oxygens (including phenoxy) is 2. The number of hydrogen-bond acceptors (Lipinski definition) is 7. The number of guanidine groups is 1. The molecule has 1 fully saturated rings. The fraction of sp³-hybridized carbons (Fsp3) is 0.643. The van der Waals surface area contributed by atoms with E-state index in [1.807, 2.05) is 20.8 Å². The number of carbonyl (C=O) groups is 3. The van der Waals surface area contributed by atoms with Crippen molar-refractivity contribution in [2.45, 2.75) is 82.5 Å². The molecular formula is C28H36F6N4O6. The van der Waals surface area contributed by atoms with Crippen LogP contribution >= 0.6 is 0 Å². The Labute approximate surface area is 249 Å². The van der Waals surface area contributed by atoms with E-state index < -0.39 is 54.4 Å². The normalized spacial score (nSPS) is 27.3. The first-order valence-corrected chi connectivity index (χ1v) is 13.9. The molecule has 0 bridgehead atoms. The number of aliphatic carboxylic acids is 1. The van der Waals surface area contributed by atoms with Crippen LogP contribution in [-0.2, 0) is 19.1 Å². The molecule has 1 saturated carbocycles. The summed E-state index contributed by atoms with van der Waals surface area (Å²) in [6, 6.07) is 5.20. The average Bonchev–Trinajstić information content (AvgIpc) is 3.70. The van der Waals surface area contributed by atoms with Crippen molar-refractivity contribution in [1.29, 1.82) is 0 Å². The molecule has 1 aromatic carbocycles. The van der Waals surface area contributed by atoms with Crippen LogP contribution in [-0.4, -0.2) is 77.5 Å². The van der Waals surface area contributed by atoms with Crippen molar-refractivity contribution in [3.8, 4) is 5.75 Å². The topological polar surface area (TPSA) is 144 Å². The summed E-state index contributed by atoms with van der Waals surface area (Å²) in [5.74, 6) is -3.56. The number of alkyl halides is 6. The smallest absolute Gasteiger partial charge is 0.480 e. The van der Waals surface area contributed by atoms with Gasteiger partial charge in [0.15, 0.2) is 12.1 Å². The van der Waals surface area contributed by atoms with Crippen molar-refractivity contribution in [2.24, 2.45) is 28.5 Å². The van der Waals surface area contributed by atoms with Gasteiger partial charge in [-0.2, -0.15) is 26.3 Å². The van der Waals surface area contributed by atoms with E-state index in [0.29, 0.717) is 25.0 Å². The molecule has 0 spiro atoms. The van der Waals surface area contributed by atoms with E-state index in [-0.39, 0.29) is 41.8 Å². The summed E-state index contributed by atoms with van der Waals surface area (Å²) in [5, 5.41) is 9.94. The summed E-state index contributed by atoms with van der Waals surface area (Å²) in [4.78, 5) is 41.5. The highest BCUT2D eigenvalue weighted by Gasteiger charge is 2.53. The zero-order valence-electron chi connectivity index (χ0n) is 24.5. The molecule has 1 aliphatic carbocycles. The van der Waals surface area contributed by atoms with Gasteiger partial charge in [0.05, 0.1) is 18.0 Å². The number of benzene rings is 1. The molecule has 0 radical (unpaired) electrons. The number of methoxy groups -OCH3 is 1. The fourth-order valence-electron chi connectivity index (χ4n) is 5.31. The maximum atomic E-state index is 13.5. The van der Waals surface area contributed by atoms with Crippen LogP contribution in [0.3, 0.4) is 0 Å². The third kappa shape index (κ3) is 8.12. The molecule has 2 aliphatic heterocycles. The summed E-state index contributed by atoms with van der Waals surface area (Å²) >= 11 is 0. The summed E-state index contributed by atoms with van der Waals surface area (Å²) in [6.45, 7) is 6.23. The standard InChI is InChI=1S/C26H35F3N4O4.C2HF3O2/c1-14(2)25(3)13-22(34)33(24(30)32-25)19(9-10-36-4)16-11-17(16)23(35)31-18-12-21(26(27,28)29)37-20-8-6-5-7-15(18)20;3-2(4,5)1(6)7/h5-8,14,16-19,21H,9-13H2,1-4H3,(H2,30,32)(H,31,35);(H,6,7)/t16-,17-,18+,19?,21-,25+;/m1./s1. The molecule has 1 aromatic rings. The maximum absolute atomic E-state index is 13.5. The van der Waals surface area contributed by atoms with E-state index in [2.05, 4.69) is 10.3 Å². The Morgan fingerprint density at radius 3 is 2.34 bits per heavy atom. The molecule has 4 rings (SSSR count). The molecule has 10 nitrogen and oxygen atoms in total. The lowest BCUT2D eigenvalue weighted by Crippen LogP contribution is -2.57. The quantitative estimate of drug-likeness (QED) is 0.363. The molecule has 4 N–H and O–H groups in total. The molecule has 1 unspecified atom stereocenters. The predicted octanol–water partition coefficient (Wildman–Crippen LogP) is 4.19. The van der Waals surface area contributed by atoms with Gasteiger partial charge in [-0.15, -0.1) is 0 Å². The summed E-state index contributed by atoms with van der Waals surface area (Å²) in [5.41, 5.74) is 6.21. The molecule has 44 heavy (non-hydrogen) atoms. The zero-order chi connectivity index (χ0) is 33.2. The highest BCUT2D eigenvalue weighted by atomic mass is 19.4. The molecule has 2 amide bonds. The van der Waals surface area contributed by atoms with Gasteiger partial charge >= 0.3 is 18.3 Å². The Kier molecular flexibility index (Phi) is 10.5. The number of para-hydroxylation sites is 1. The van der Waals surface area contributed by atoms with Gasteiger partial charge in [-0.25, -0.2) is 9.79 Å². The van der Waals surface area contributed by atoms with Crippen molar-refractivity contribution >= 4 is 23.7 Å². The third-order valence-electron chi connectivity index (χ3n) is 8.20. The second kappa shape index (κ2) is 13.2. The molecule has 0 saturated heterocycles. The van der Waals surface area contributed by atoms with Crippen LogP contribution in [0, 0.1) is 17.8 Å². The Balaban J connectivity index is 0.000000676. The van der Waals surface area contributed by atoms with Crippen molar-refractivity contribution in [1.82, 2.24) is 10.2 Å². The Morgan fingerprint density at radius 1 is 1.20 bits per heavy atom. The number of carboxylic acid groups (broad SMARTS) is 1. The van der Waals surface area contributed by atoms with E-state index in [4.69, 9.17) is 25.1 Å². The summed E-state index contributed by atoms with van der Waals surface area (Å²) in [6.07, 6.45) is -10.9. The van der Waals surface area contributed by atoms with Crippen molar-refractivity contribution in [3.05, 3.63) is 29.8 Å². The van der Waals surface area contributed by atoms with Crippen LogP contribution in [0.25, 0.3) is 0 Å². The average molecular weight is 639 g/mol. The van der Waals surface area contributed by atoms with Crippen LogP contribution in [0.5, 0.6) is 5.75 Å². The van der Waals surface area contributed by atoms with E-state index in [1.165, 1.54) is 11.0 Å². The number of hydrogen-bond donors (Lipinski definition) is 3. The minimum absolute atomic E-state index is 0.108. The van der Waals surface area contributed by atoms with Crippen LogP contribution in [0.15, 0.2) is 29.3 Å². The van der Waals surface area contributed by atoms with Crippen molar-refractivity contribution in [3.63, 3.8) is 0 Å². The molecule has 6 atom stereocenters. The van der Waals surface area contributed by atoms with E-state index in [0.717, 1.165) is 0 Å². The van der Waals surface area contributed by atoms with Crippen LogP contribution in [0.1, 0.15) is 58.1 Å². The lowest BCUT2D eigenvalue weighted by Gasteiger charge is -2.41. The lowest BCUT2D eigenvalue weighted by molar-refractivity contribution is -0.201. The zero-order valence-corrected chi connectivity index (χ0v) is 24.5. The number of rotatable bonds is 8. The molecule has 0 aromatic heterocycles. The summed E-state index contributed by atoms with van der Waals surface area (Å²) < 4.78 is 82.6. The molecular weight excluding hydrogens is 602 g/mol. The number of nitrogens with zero attached hydrogens (tertiary/aromatic N) is 2. The Hall–Kier alpha value is -3.56. The van der Waals surface area contributed by atoms with Gasteiger partial charge < -0.3 is 25.6 Å². The van der Waals surface area contributed by atoms with E-state index in [1.54, 1.807) is 25.3 Å². The number of fused-ring (bicyclic) bond motifs is 1. The molecule has 246 valence electrons. The van der Waals surface area contributed by atoms with Crippen LogP contribution < -0.4 is 15.8 Å². The number of carbonyl (C=O) groups excluding carboxylic acids is 2. The molecule has 2 heterocycles. The number of nitrogens with two attached hydrogens (primary N) is 1. The van der Waals surface area contributed by atoms with Crippen molar-refractivity contribution < 1.29 is 55.3 Å². The SMILES string of the molecule is COCCC([C@@H]1C[C@H]1C(=O)N[C@H]1C[C@H](C(F)(F)F)Oc2ccccc21)N1C(=O)C[C@@](C)(C(C)C)N=C1N.O=C(O)C(F)(F)F. The second-order valence-electron chi connectivity index (χ2n) is 11.6. The largest absolute Gasteiger partial charge is 0.490 e. The lowest BCUT2D eigenvalue weighted by atomic mass is 9.84. The highest BCUT2D eigenvalue weighted by Crippen LogP contribution is 2.47. The number of amides is 2. The monoisotopic (exact) mass is 638 g/mol. The molecule has 16 heteroatoms. The Morgan fingerprint density at radius 2 is 1.82 bits per heavy atom. The first kappa shape index (κ1) is 34.9. The summed E-state index contributed by atoms with van der Waals surface area (Å²) in [7, 11) is 1.55. The van der Waals surface area contributed by atoms with Crippen molar-refractivity contribution in [2.75, 3.05) is 13.7 Å². The van der Waals surface area contributed by atoms with Gasteiger partial charge in [-0.1, -0.05) is 32.0 Å². The van der Waals surface area contributed by atoms with Gasteiger partial charge in [0.1, 0.15) is 5.75 Å². The number of carboxylic acids is 1. The number of nitrogens with one attached hydrogen (secondary N) is 1. The fourth-order valence-corrected chi connectivity index (χ4v) is 5.31. The Bertz CT molecular complexity index is 1260. The van der Waals surface area contributed by atoms with E-state index in [9.17, 15) is 35.9 Å². The van der Waals surface area contributed by atoms with Gasteiger partial charge in [-0.3, -0.25) is 14.5 Å². The molecule has 3 aliphatic rings. The highest BCUT2D eigenvalue weighted by molar-refractivity contribution is 5.99. The third-order valence-corrected chi connectivity index (χ3v) is 8.20. The van der Waals surface area contributed by atoms with Gasteiger partial charge in [0, 0.05) is 37.7 Å². The van der Waals surface area contributed by atoms with Gasteiger partial charge in [0.25, 0.3) is 0 Å². The number of aliphatic imine (C=N–C) groups is 1. The van der Waals surface area contributed by atoms with Gasteiger partial charge in [-0.05, 0) is 37.7 Å². The second-order valence-corrected chi connectivity index (χ2v) is 11.6. The predicted molar refractivity (Wildman–Crippen MR) is 144 cm³/mol. The van der Waals surface area contributed by atoms with Crippen LogP contribution in [0.4, 0.5) is 26.3 Å². The first-order valence-electron chi connectivity index (χ1n) is 13.9. The minimum Gasteiger partial charge on any atom is -0.480 e. The van der Waals surface area contributed by atoms with Crippen LogP contribution in [0.2, 0.25) is 0 Å². The van der Waals surface area contributed by atoms with Gasteiger partial charge in [0.2, 0.25) is 11.8 Å². The minimum atomic E-state index is -5.08. The number of halogens is 6. The first-order chi connectivity index (χ1) is 20.3. The van der Waals surface area contributed by atoms with E-state index >= 15 is 0 Å². The maximum Gasteiger partial charge on any atom is 0.490 e.